The van der Waals surface area contributed by atoms with E-state index in [1.165, 1.54) is 46.1 Å². The van der Waals surface area contributed by atoms with Crippen molar-refractivity contribution in [2.75, 3.05) is 7.11 Å². The number of aliphatic hydroxyl groups excluding tert-OH is 4. The lowest BCUT2D eigenvalue weighted by Gasteiger charge is -2.56. The average Bonchev–Trinajstić information content (AvgIpc) is 1.48. The lowest BCUT2D eigenvalue weighted by atomic mass is 9.49. The van der Waals surface area contributed by atoms with Gasteiger partial charge in [-0.15, -0.1) is 0 Å². The maximum Gasteiger partial charge on any atom is 0.407 e. The van der Waals surface area contributed by atoms with Crippen LogP contribution in [0.5, 0.6) is 0 Å². The molecule has 0 aromatic heterocycles. The number of hydrogen-bond acceptors (Lipinski definition) is 24. The normalized spacial score (nSPS) is 46.2. The highest BCUT2D eigenvalue weighted by molar-refractivity contribution is 6.26. The molecule has 26 heteroatoms. The molecule has 536 valence electrons. The Labute approximate surface area is 561 Å². The second-order valence-corrected chi connectivity index (χ2v) is 29.1. The molecule has 7 fully saturated rings. The number of nitrogens with one attached hydrogen (secondary N) is 2. The van der Waals surface area contributed by atoms with Crippen molar-refractivity contribution < 1.29 is 116 Å². The Balaban J connectivity index is 0.919. The topological polar surface area (TPSA) is 346 Å². The van der Waals surface area contributed by atoms with Crippen LogP contribution in [0.4, 0.5) is 4.79 Å². The summed E-state index contributed by atoms with van der Waals surface area (Å²) in [6.07, 6.45) is -1.00. The fourth-order valence-corrected chi connectivity index (χ4v) is 17.2. The number of quaternary nitrogens is 1. The van der Waals surface area contributed by atoms with E-state index in [2.05, 4.69) is 25.2 Å². The molecule has 0 radical (unpaired) electrons. The standard InChI is InChI=1S/C70H102N2O24/c1-32-15-21-50(91-57-31-68(12,72(82)83)63(41(10)89-57)71-67(81)84-14)33(2)26-46-48(76)27-43(17-16-36(5)73)30-70(46)65(79)58(66(80)96-70)64(78)69(13)45(32)19-18-44-59(69)34(3)25-35(4)60(44)95-56-29-52(62(40(9)88-56)90-42(11)74)93-53-24-22-51(38(7)86-53)92-55-28-49(77)61(39(8)87-55)94-54-23-20-47(75)37(6)85-54/h15-19,26-27,34-35,37-41,44-57,59-63,72,75-78,82H,20-25,28-31H2,1-14H3,(H,71,81)/b17-16+,32-15+,33-26?,64-58?/t34-,35-,37-,38-,39-,40-,41+,44-,45-,46+,47+,48-,49+,50-,51+,52+,53-,54-,55+,56-,57-,59+,60-,61-,62-,63-,68-,69+,70-/m0/s1. The number of carbonyl (C=O) groups is 5. The van der Waals surface area contributed by atoms with Crippen molar-refractivity contribution in [2.45, 2.75) is 288 Å². The van der Waals surface area contributed by atoms with Gasteiger partial charge in [-0.1, -0.05) is 62.8 Å². The van der Waals surface area contributed by atoms with E-state index >= 15 is 4.79 Å². The first kappa shape index (κ1) is 73.9. The Morgan fingerprint density at radius 1 is 0.708 bits per heavy atom. The molecule has 1 amide bonds. The van der Waals surface area contributed by atoms with E-state index in [1.807, 2.05) is 39.8 Å². The largest absolute Gasteiger partial charge is 0.600 e. The van der Waals surface area contributed by atoms with E-state index in [0.29, 0.717) is 43.3 Å². The molecule has 26 nitrogen and oxygen atoms in total. The zero-order valence-electron chi connectivity index (χ0n) is 57.6. The molecule has 1 unspecified atom stereocenters. The van der Waals surface area contributed by atoms with Crippen molar-refractivity contribution in [1.29, 1.82) is 0 Å². The summed E-state index contributed by atoms with van der Waals surface area (Å²) in [4.78, 5) is 68.3. The number of hydroxylamine groups is 2. The van der Waals surface area contributed by atoms with E-state index in [-0.39, 0.29) is 49.7 Å². The number of esters is 2. The van der Waals surface area contributed by atoms with Gasteiger partial charge < -0.3 is 92.5 Å². The van der Waals surface area contributed by atoms with Gasteiger partial charge in [-0.05, 0) is 123 Å². The van der Waals surface area contributed by atoms with Gasteiger partial charge in [0.05, 0.1) is 86.6 Å². The summed E-state index contributed by atoms with van der Waals surface area (Å²) in [7, 11) is 1.17. The molecular formula is C70H102N2O24. The van der Waals surface area contributed by atoms with Crippen LogP contribution in [0.2, 0.25) is 0 Å². The summed E-state index contributed by atoms with van der Waals surface area (Å²) < 4.78 is 82.0. The van der Waals surface area contributed by atoms with Crippen molar-refractivity contribution in [2.24, 2.45) is 40.9 Å². The highest BCUT2D eigenvalue weighted by atomic mass is 16.8. The average molecular weight is 1360 g/mol. The first-order chi connectivity index (χ1) is 45.3. The molecule has 6 aliphatic heterocycles. The number of alkyl carbamates (subject to hydrolysis) is 1. The maximum atomic E-state index is 15.8. The van der Waals surface area contributed by atoms with Gasteiger partial charge in [0.25, 0.3) is 0 Å². The molecule has 0 aromatic carbocycles. The Kier molecular flexibility index (Phi) is 22.9. The number of allylic oxidation sites excluding steroid dienone is 5. The van der Waals surface area contributed by atoms with Gasteiger partial charge in [-0.25, -0.2) is 20.0 Å². The number of carbonyl (C=O) groups excluding carboxylic acids is 5. The molecule has 10 rings (SSSR count). The summed E-state index contributed by atoms with van der Waals surface area (Å²) in [5.41, 5.74) is -4.20. The molecule has 2 bridgehead atoms. The van der Waals surface area contributed by atoms with Crippen LogP contribution in [-0.2, 0) is 80.8 Å². The zero-order chi connectivity index (χ0) is 69.8. The van der Waals surface area contributed by atoms with Gasteiger partial charge in [0.15, 0.2) is 54.5 Å². The van der Waals surface area contributed by atoms with E-state index in [0.717, 1.165) is 5.57 Å². The van der Waals surface area contributed by atoms with Gasteiger partial charge in [0.1, 0.15) is 29.6 Å². The number of aliphatic hydroxyl groups is 4. The summed E-state index contributed by atoms with van der Waals surface area (Å²) in [5.74, 6) is -6.54. The quantitative estimate of drug-likeness (QED) is 0.0254. The first-order valence-corrected chi connectivity index (χ1v) is 34.2. The third-order valence-corrected chi connectivity index (χ3v) is 22.2. The van der Waals surface area contributed by atoms with E-state index in [1.54, 1.807) is 33.8 Å². The number of Topliss-reactive ketones (excluding diaryl/α,β-unsaturated/α-hetero) is 1. The summed E-state index contributed by atoms with van der Waals surface area (Å²) in [5, 5.41) is 72.3. The number of ether oxygens (including phenoxy) is 13. The van der Waals surface area contributed by atoms with Gasteiger partial charge in [0, 0.05) is 56.3 Å². The highest BCUT2D eigenvalue weighted by Crippen LogP contribution is 2.61. The molecule has 96 heavy (non-hydrogen) atoms. The zero-order valence-corrected chi connectivity index (χ0v) is 57.6. The van der Waals surface area contributed by atoms with Crippen molar-refractivity contribution in [3.05, 3.63) is 75.8 Å². The monoisotopic (exact) mass is 1350 g/mol. The van der Waals surface area contributed by atoms with E-state index in [4.69, 9.17) is 61.6 Å². The number of methoxy groups -OCH3 is 1. The van der Waals surface area contributed by atoms with Crippen LogP contribution >= 0.6 is 0 Å². The minimum Gasteiger partial charge on any atom is -0.600 e. The fourth-order valence-electron chi connectivity index (χ4n) is 17.2. The molecule has 0 aromatic rings. The van der Waals surface area contributed by atoms with Gasteiger partial charge in [-0.3, -0.25) is 14.4 Å². The Hall–Kier alpha value is -4.85. The van der Waals surface area contributed by atoms with Crippen LogP contribution in [0.1, 0.15) is 154 Å². The molecule has 10 aliphatic rings. The molecule has 6 saturated heterocycles. The second kappa shape index (κ2) is 29.8. The fraction of sp³-hybridized carbons (Fsp3) is 0.757. The van der Waals surface area contributed by atoms with Crippen LogP contribution in [0.3, 0.4) is 0 Å². The number of fused-ring (bicyclic) bond motifs is 4. The van der Waals surface area contributed by atoms with Crippen molar-refractivity contribution in [1.82, 2.24) is 5.32 Å². The second-order valence-electron chi connectivity index (χ2n) is 29.1. The molecule has 4 aliphatic carbocycles. The highest BCUT2D eigenvalue weighted by Gasteiger charge is 2.65. The SMILES string of the molecule is COC(=O)N[C@H]1[C@@H](C)O[C@@H](O[C@H]2C/C=C(\C)[C@@H]3C=C[C@@H]4[C@@H](O[C@H]5C[C@@H](O[C@H]6CC[C@@H](O[C@@H]7C[C@@H](O)[C@@H](O[C@H]8CC[C@@H](O)[C@H](C)O8)[C@H](C)O7)[C@H](C)O6)[C@@H](OC(C)=O)[C@H](C)O5)[C@@H](C)C[C@H](C)[C@H]4[C@]3(C)C(O)=C3C(=O)O[C@]4(CC(/C=C/C(C)=O)=C[C@H](O)[C@H]4C=C2C)C3=O)C[C@]1(C)[NH+]([O-])O. The van der Waals surface area contributed by atoms with Crippen LogP contribution in [0.25, 0.3) is 0 Å². The van der Waals surface area contributed by atoms with Crippen molar-refractivity contribution in [3.8, 4) is 0 Å². The van der Waals surface area contributed by atoms with Gasteiger partial charge in [-0.2, -0.15) is 0 Å². The summed E-state index contributed by atoms with van der Waals surface area (Å²) in [6, 6.07) is -1.03. The predicted molar refractivity (Wildman–Crippen MR) is 338 cm³/mol. The van der Waals surface area contributed by atoms with Crippen LogP contribution in [0, 0.1) is 46.1 Å². The Morgan fingerprint density at radius 3 is 2.00 bits per heavy atom. The van der Waals surface area contributed by atoms with Gasteiger partial charge in [0.2, 0.25) is 5.78 Å². The van der Waals surface area contributed by atoms with Crippen LogP contribution < -0.4 is 10.5 Å². The minimum atomic E-state index is -2.13. The smallest absolute Gasteiger partial charge is 0.407 e. The summed E-state index contributed by atoms with van der Waals surface area (Å²) in [6.45, 7) is 22.7. The molecule has 7 N–H and O–H groups in total. The lowest BCUT2D eigenvalue weighted by Crippen LogP contribution is -3.17. The molecule has 1 saturated carbocycles. The Bertz CT molecular complexity index is 3040. The third-order valence-electron chi connectivity index (χ3n) is 22.2. The summed E-state index contributed by atoms with van der Waals surface area (Å²) >= 11 is 0. The number of rotatable bonds is 15. The van der Waals surface area contributed by atoms with Crippen LogP contribution in [0.15, 0.2) is 70.6 Å². The molecule has 6 heterocycles. The predicted octanol–water partition coefficient (Wildman–Crippen LogP) is 5.80. The molecule has 30 atom stereocenters. The number of ketones is 2. The molecular weight excluding hydrogens is 1250 g/mol. The van der Waals surface area contributed by atoms with E-state index in [9.17, 15) is 50.0 Å². The first-order valence-electron chi connectivity index (χ1n) is 34.2. The number of hydrogen-bond donors (Lipinski definition) is 7. The Morgan fingerprint density at radius 2 is 1.34 bits per heavy atom. The van der Waals surface area contributed by atoms with Crippen molar-refractivity contribution >= 4 is 29.6 Å². The maximum absolute atomic E-state index is 15.8. The minimum absolute atomic E-state index is 0.114. The molecule has 1 spiro atoms. The van der Waals surface area contributed by atoms with Gasteiger partial charge >= 0.3 is 18.0 Å². The number of amides is 1. The third kappa shape index (κ3) is 15.0. The lowest BCUT2D eigenvalue weighted by molar-refractivity contribution is -1.09. The van der Waals surface area contributed by atoms with E-state index < -0.39 is 204 Å². The van der Waals surface area contributed by atoms with Crippen LogP contribution in [-0.4, -0.2) is 196 Å². The van der Waals surface area contributed by atoms with Crippen molar-refractivity contribution in [3.63, 3.8) is 0 Å².